The second kappa shape index (κ2) is 8.28. The third-order valence-electron chi connectivity index (χ3n) is 5.10. The Bertz CT molecular complexity index is 786. The number of hydrogen-bond acceptors (Lipinski definition) is 6. The molecular weight excluding hydrogens is 362 g/mol. The Morgan fingerprint density at radius 2 is 1.75 bits per heavy atom. The van der Waals surface area contributed by atoms with Crippen LogP contribution >= 0.6 is 0 Å². The van der Waals surface area contributed by atoms with Gasteiger partial charge in [-0.3, -0.25) is 4.90 Å². The van der Waals surface area contributed by atoms with Gasteiger partial charge in [0, 0.05) is 5.56 Å². The number of ether oxygens (including phenoxy) is 3. The highest BCUT2D eigenvalue weighted by molar-refractivity contribution is 5.68. The zero-order valence-corrected chi connectivity index (χ0v) is 15.3. The highest BCUT2D eigenvalue weighted by Gasteiger charge is 2.49. The van der Waals surface area contributed by atoms with E-state index in [0.717, 1.165) is 11.1 Å². The lowest BCUT2D eigenvalue weighted by atomic mass is 9.93. The van der Waals surface area contributed by atoms with Gasteiger partial charge >= 0.3 is 6.09 Å². The van der Waals surface area contributed by atoms with Crippen molar-refractivity contribution in [2.24, 2.45) is 0 Å². The second-order valence-electron chi connectivity index (χ2n) is 6.99. The van der Waals surface area contributed by atoms with Gasteiger partial charge in [-0.1, -0.05) is 60.7 Å². The number of aliphatic hydroxyl groups is 2. The SMILES string of the molecule is O=C(OCc1ccccc1)N1C[C@@H](O)[C@@H](O)[C@@H]2O[C@@H](c3ccccc3)OC[C@@H]21. The van der Waals surface area contributed by atoms with E-state index in [1.807, 2.05) is 60.7 Å². The second-order valence-corrected chi connectivity index (χ2v) is 6.99. The van der Waals surface area contributed by atoms with Crippen LogP contribution in [-0.4, -0.2) is 58.7 Å². The predicted octanol–water partition coefficient (Wildman–Crippen LogP) is 1.84. The average molecular weight is 385 g/mol. The van der Waals surface area contributed by atoms with Crippen LogP contribution < -0.4 is 0 Å². The van der Waals surface area contributed by atoms with E-state index in [-0.39, 0.29) is 19.8 Å². The van der Waals surface area contributed by atoms with Gasteiger partial charge in [0.2, 0.25) is 0 Å². The number of carbonyl (C=O) groups excluding carboxylic acids is 1. The number of fused-ring (bicyclic) bond motifs is 1. The van der Waals surface area contributed by atoms with Gasteiger partial charge in [0.05, 0.1) is 19.2 Å². The fourth-order valence-electron chi connectivity index (χ4n) is 3.59. The molecular formula is C21H23NO6. The first kappa shape index (κ1) is 18.9. The summed E-state index contributed by atoms with van der Waals surface area (Å²) in [5, 5.41) is 20.7. The highest BCUT2D eigenvalue weighted by Crippen LogP contribution is 2.33. The molecule has 0 aliphatic carbocycles. The summed E-state index contributed by atoms with van der Waals surface area (Å²) in [6, 6.07) is 18.2. The molecule has 2 aliphatic heterocycles. The van der Waals surface area contributed by atoms with Gasteiger partial charge in [-0.05, 0) is 5.56 Å². The van der Waals surface area contributed by atoms with Crippen molar-refractivity contribution < 1.29 is 29.2 Å². The van der Waals surface area contributed by atoms with Crippen LogP contribution in [-0.2, 0) is 20.8 Å². The van der Waals surface area contributed by atoms with Gasteiger partial charge in [-0.2, -0.15) is 0 Å². The van der Waals surface area contributed by atoms with Gasteiger partial charge in [0.1, 0.15) is 24.9 Å². The van der Waals surface area contributed by atoms with Crippen molar-refractivity contribution >= 4 is 6.09 Å². The summed E-state index contributed by atoms with van der Waals surface area (Å²) in [6.45, 7) is 0.258. The van der Waals surface area contributed by atoms with Gasteiger partial charge in [0.15, 0.2) is 6.29 Å². The number of carbonyl (C=O) groups is 1. The van der Waals surface area contributed by atoms with Crippen LogP contribution in [0.3, 0.4) is 0 Å². The number of nitrogens with zero attached hydrogens (tertiary/aromatic N) is 1. The molecule has 148 valence electrons. The van der Waals surface area contributed by atoms with Crippen molar-refractivity contribution in [3.63, 3.8) is 0 Å². The molecule has 1 amide bonds. The molecule has 2 aromatic carbocycles. The maximum atomic E-state index is 12.6. The van der Waals surface area contributed by atoms with Crippen LogP contribution in [0, 0.1) is 0 Å². The monoisotopic (exact) mass is 385 g/mol. The standard InChI is InChI=1S/C21H23NO6/c23-17-11-22(21(25)27-12-14-7-3-1-4-8-14)16-13-26-20(28-19(16)18(17)24)15-9-5-2-6-10-15/h1-10,16-20,23-24H,11-13H2/t16-,17+,18+,19+,20-/m0/s1. The molecule has 2 aliphatic rings. The Hall–Kier alpha value is -2.45. The lowest BCUT2D eigenvalue weighted by Gasteiger charge is -2.48. The Morgan fingerprint density at radius 1 is 1.07 bits per heavy atom. The Labute approximate surface area is 163 Å². The number of β-amino-alcohol motifs (C(OH)–C–C–N with tert-alkyl or cyclic N) is 1. The van der Waals surface area contributed by atoms with Gasteiger partial charge < -0.3 is 24.4 Å². The minimum atomic E-state index is -1.12. The molecule has 2 aromatic rings. The van der Waals surface area contributed by atoms with Crippen molar-refractivity contribution in [3.8, 4) is 0 Å². The lowest BCUT2D eigenvalue weighted by Crippen LogP contribution is -2.66. The number of rotatable bonds is 3. The molecule has 0 bridgehead atoms. The Kier molecular flexibility index (Phi) is 5.59. The molecule has 2 fully saturated rings. The first-order chi connectivity index (χ1) is 13.6. The van der Waals surface area contributed by atoms with Crippen LogP contribution in [0.2, 0.25) is 0 Å². The first-order valence-electron chi connectivity index (χ1n) is 9.29. The molecule has 0 unspecified atom stereocenters. The zero-order chi connectivity index (χ0) is 19.5. The maximum absolute atomic E-state index is 12.6. The number of hydrogen-bond donors (Lipinski definition) is 2. The minimum Gasteiger partial charge on any atom is -0.445 e. The minimum absolute atomic E-state index is 0.0430. The van der Waals surface area contributed by atoms with Crippen LogP contribution in [0.4, 0.5) is 4.79 Å². The molecule has 7 nitrogen and oxygen atoms in total. The number of benzene rings is 2. The fraction of sp³-hybridized carbons (Fsp3) is 0.381. The molecule has 2 saturated heterocycles. The van der Waals surface area contributed by atoms with E-state index >= 15 is 0 Å². The lowest BCUT2D eigenvalue weighted by molar-refractivity contribution is -0.283. The third-order valence-corrected chi connectivity index (χ3v) is 5.10. The van der Waals surface area contributed by atoms with Gasteiger partial charge in [-0.15, -0.1) is 0 Å². The van der Waals surface area contributed by atoms with Crippen molar-refractivity contribution in [1.82, 2.24) is 4.90 Å². The van der Waals surface area contributed by atoms with Crippen LogP contribution in [0.1, 0.15) is 17.4 Å². The molecule has 5 atom stereocenters. The Balaban J connectivity index is 1.45. The van der Waals surface area contributed by atoms with Crippen molar-refractivity contribution in [1.29, 1.82) is 0 Å². The van der Waals surface area contributed by atoms with Gasteiger partial charge in [-0.25, -0.2) is 4.79 Å². The molecule has 4 rings (SSSR count). The molecule has 0 spiro atoms. The van der Waals surface area contributed by atoms with E-state index in [2.05, 4.69) is 0 Å². The maximum Gasteiger partial charge on any atom is 0.410 e. The smallest absolute Gasteiger partial charge is 0.410 e. The van der Waals surface area contributed by atoms with E-state index in [1.165, 1.54) is 4.90 Å². The Morgan fingerprint density at radius 3 is 2.46 bits per heavy atom. The fourth-order valence-corrected chi connectivity index (χ4v) is 3.59. The quantitative estimate of drug-likeness (QED) is 0.838. The number of amides is 1. The summed E-state index contributed by atoms with van der Waals surface area (Å²) in [6.07, 6.45) is -4.25. The number of aliphatic hydroxyl groups excluding tert-OH is 2. The molecule has 0 aromatic heterocycles. The predicted molar refractivity (Wildman–Crippen MR) is 99.1 cm³/mol. The topological polar surface area (TPSA) is 88.5 Å². The van der Waals surface area contributed by atoms with E-state index < -0.39 is 36.7 Å². The molecule has 2 heterocycles. The van der Waals surface area contributed by atoms with Gasteiger partial charge in [0.25, 0.3) is 0 Å². The average Bonchev–Trinajstić information content (AvgIpc) is 2.75. The summed E-state index contributed by atoms with van der Waals surface area (Å²) in [4.78, 5) is 14.0. The summed E-state index contributed by atoms with van der Waals surface area (Å²) >= 11 is 0. The number of piperidine rings is 1. The first-order valence-corrected chi connectivity index (χ1v) is 9.29. The van der Waals surface area contributed by atoms with E-state index in [1.54, 1.807) is 0 Å². The van der Waals surface area contributed by atoms with E-state index in [0.29, 0.717) is 0 Å². The molecule has 7 heteroatoms. The summed E-state index contributed by atoms with van der Waals surface area (Å²) < 4.78 is 17.1. The van der Waals surface area contributed by atoms with E-state index in [4.69, 9.17) is 14.2 Å². The largest absolute Gasteiger partial charge is 0.445 e. The van der Waals surface area contributed by atoms with Crippen molar-refractivity contribution in [2.75, 3.05) is 13.2 Å². The van der Waals surface area contributed by atoms with Crippen LogP contribution in [0.5, 0.6) is 0 Å². The normalized spacial score (nSPS) is 29.8. The summed E-state index contributed by atoms with van der Waals surface area (Å²) in [7, 11) is 0. The third kappa shape index (κ3) is 3.88. The van der Waals surface area contributed by atoms with Crippen molar-refractivity contribution in [3.05, 3.63) is 71.8 Å². The van der Waals surface area contributed by atoms with Crippen molar-refractivity contribution in [2.45, 2.75) is 37.3 Å². The summed E-state index contributed by atoms with van der Waals surface area (Å²) in [5.41, 5.74) is 1.68. The molecule has 2 N–H and O–H groups in total. The van der Waals surface area contributed by atoms with E-state index in [9.17, 15) is 15.0 Å². The van der Waals surface area contributed by atoms with Crippen LogP contribution in [0.25, 0.3) is 0 Å². The number of likely N-dealkylation sites (tertiary alicyclic amines) is 1. The molecule has 28 heavy (non-hydrogen) atoms. The summed E-state index contributed by atoms with van der Waals surface area (Å²) in [5.74, 6) is 0. The zero-order valence-electron chi connectivity index (χ0n) is 15.3. The molecule has 0 radical (unpaired) electrons. The highest BCUT2D eigenvalue weighted by atomic mass is 16.7. The molecule has 0 saturated carbocycles. The van der Waals surface area contributed by atoms with Crippen LogP contribution in [0.15, 0.2) is 60.7 Å².